The molecule has 0 amide bonds. The lowest BCUT2D eigenvalue weighted by Crippen LogP contribution is -2.24. The van der Waals surface area contributed by atoms with Gasteiger partial charge in [-0.2, -0.15) is 0 Å². The van der Waals surface area contributed by atoms with Crippen LogP contribution in [0.1, 0.15) is 13.3 Å². The summed E-state index contributed by atoms with van der Waals surface area (Å²) in [5.41, 5.74) is 0.0880. The van der Waals surface area contributed by atoms with E-state index in [2.05, 4.69) is 14.2 Å². The molecule has 0 aliphatic carbocycles. The van der Waals surface area contributed by atoms with Gasteiger partial charge in [0.2, 0.25) is 10.0 Å². The van der Waals surface area contributed by atoms with Crippen LogP contribution < -0.4 is 14.2 Å². The van der Waals surface area contributed by atoms with Crippen LogP contribution in [0.5, 0.6) is 5.75 Å². The maximum atomic E-state index is 12.3. The molecule has 7 nitrogen and oxygen atoms in total. The maximum absolute atomic E-state index is 12.3. The van der Waals surface area contributed by atoms with Crippen LogP contribution in [0.25, 0.3) is 0 Å². The predicted molar refractivity (Wildman–Crippen MR) is 95.9 cm³/mol. The van der Waals surface area contributed by atoms with Crippen LogP contribution in [0.2, 0.25) is 0 Å². The normalized spacial score (nSPS) is 12.6. The molecule has 2 aromatic carbocycles. The SMILES string of the molecule is CCCNS(=O)(=O)c1ccc(NS(=O)(=O)c2ccc(OC(F)(F)F)cc2)cc1. The summed E-state index contributed by atoms with van der Waals surface area (Å²) < 4.78 is 93.4. The highest BCUT2D eigenvalue weighted by Crippen LogP contribution is 2.25. The van der Waals surface area contributed by atoms with Crippen LogP contribution in [0.4, 0.5) is 18.9 Å². The molecular formula is C16H17F3N2O5S2. The third-order valence-corrected chi connectivity index (χ3v) is 6.20. The standard InChI is InChI=1S/C16H17F3N2O5S2/c1-2-11-20-27(22,23)14-7-3-12(4-8-14)21-28(24,25)15-9-5-13(6-10-15)26-16(17,18)19/h3-10,20-21H,2,11H2,1H3. The molecule has 28 heavy (non-hydrogen) atoms. The number of nitrogens with one attached hydrogen (secondary N) is 2. The Hall–Kier alpha value is -2.31. The first-order chi connectivity index (χ1) is 12.9. The summed E-state index contributed by atoms with van der Waals surface area (Å²) in [6, 6.07) is 8.65. The Morgan fingerprint density at radius 2 is 1.36 bits per heavy atom. The van der Waals surface area contributed by atoms with E-state index in [-0.39, 0.29) is 22.0 Å². The van der Waals surface area contributed by atoms with Gasteiger partial charge in [-0.05, 0) is 55.0 Å². The van der Waals surface area contributed by atoms with Crippen molar-refractivity contribution in [1.82, 2.24) is 4.72 Å². The molecule has 0 saturated carbocycles. The molecule has 2 aromatic rings. The highest BCUT2D eigenvalue weighted by Gasteiger charge is 2.31. The molecule has 0 saturated heterocycles. The van der Waals surface area contributed by atoms with Crippen LogP contribution in [0.3, 0.4) is 0 Å². The number of ether oxygens (including phenoxy) is 1. The van der Waals surface area contributed by atoms with Gasteiger partial charge >= 0.3 is 6.36 Å². The number of hydrogen-bond donors (Lipinski definition) is 2. The van der Waals surface area contributed by atoms with Crippen molar-refractivity contribution < 1.29 is 34.7 Å². The molecule has 0 fully saturated rings. The van der Waals surface area contributed by atoms with Gasteiger partial charge in [0.05, 0.1) is 9.79 Å². The topological polar surface area (TPSA) is 102 Å². The smallest absolute Gasteiger partial charge is 0.406 e. The van der Waals surface area contributed by atoms with Gasteiger partial charge in [-0.1, -0.05) is 6.92 Å². The lowest BCUT2D eigenvalue weighted by Gasteiger charge is -2.11. The van der Waals surface area contributed by atoms with Crippen molar-refractivity contribution in [3.63, 3.8) is 0 Å². The molecule has 154 valence electrons. The molecule has 0 radical (unpaired) electrons. The fraction of sp³-hybridized carbons (Fsp3) is 0.250. The van der Waals surface area contributed by atoms with Crippen LogP contribution in [-0.2, 0) is 20.0 Å². The van der Waals surface area contributed by atoms with Gasteiger partial charge in [-0.25, -0.2) is 21.6 Å². The van der Waals surface area contributed by atoms with Crippen molar-refractivity contribution in [3.8, 4) is 5.75 Å². The zero-order valence-electron chi connectivity index (χ0n) is 14.5. The quantitative estimate of drug-likeness (QED) is 0.660. The summed E-state index contributed by atoms with van der Waals surface area (Å²) in [6.07, 6.45) is -4.27. The predicted octanol–water partition coefficient (Wildman–Crippen LogP) is 3.07. The summed E-state index contributed by atoms with van der Waals surface area (Å²) in [5, 5.41) is 0. The number of rotatable bonds is 8. The summed E-state index contributed by atoms with van der Waals surface area (Å²) in [4.78, 5) is -0.319. The van der Waals surface area contributed by atoms with Gasteiger partial charge in [-0.15, -0.1) is 13.2 Å². The van der Waals surface area contributed by atoms with Crippen molar-refractivity contribution in [2.45, 2.75) is 29.5 Å². The van der Waals surface area contributed by atoms with E-state index in [4.69, 9.17) is 0 Å². The first-order valence-corrected chi connectivity index (χ1v) is 10.9. The van der Waals surface area contributed by atoms with Crippen LogP contribution in [0, 0.1) is 0 Å². The van der Waals surface area contributed by atoms with Crippen molar-refractivity contribution in [3.05, 3.63) is 48.5 Å². The van der Waals surface area contributed by atoms with E-state index in [1.807, 2.05) is 6.92 Å². The van der Waals surface area contributed by atoms with E-state index in [0.29, 0.717) is 6.42 Å². The Morgan fingerprint density at radius 3 is 1.86 bits per heavy atom. The molecule has 0 atom stereocenters. The van der Waals surface area contributed by atoms with E-state index >= 15 is 0 Å². The van der Waals surface area contributed by atoms with Crippen LogP contribution in [0.15, 0.2) is 58.3 Å². The second-order valence-corrected chi connectivity index (χ2v) is 9.00. The average molecular weight is 438 g/mol. The van der Waals surface area contributed by atoms with E-state index in [1.165, 1.54) is 24.3 Å². The maximum Gasteiger partial charge on any atom is 0.573 e. The monoisotopic (exact) mass is 438 g/mol. The van der Waals surface area contributed by atoms with E-state index in [9.17, 15) is 30.0 Å². The highest BCUT2D eigenvalue weighted by molar-refractivity contribution is 7.92. The van der Waals surface area contributed by atoms with Crippen molar-refractivity contribution in [1.29, 1.82) is 0 Å². The van der Waals surface area contributed by atoms with Gasteiger partial charge in [0.1, 0.15) is 5.75 Å². The Labute approximate surface area is 160 Å². The highest BCUT2D eigenvalue weighted by atomic mass is 32.2. The molecule has 0 unspecified atom stereocenters. The minimum Gasteiger partial charge on any atom is -0.406 e. The molecule has 0 aliphatic rings. The number of anilines is 1. The first-order valence-electron chi connectivity index (χ1n) is 7.91. The van der Waals surface area contributed by atoms with Gasteiger partial charge in [0.15, 0.2) is 0 Å². The number of benzene rings is 2. The van der Waals surface area contributed by atoms with Crippen molar-refractivity contribution in [2.24, 2.45) is 0 Å². The lowest BCUT2D eigenvalue weighted by atomic mass is 10.3. The summed E-state index contributed by atoms with van der Waals surface area (Å²) in [6.45, 7) is 2.08. The number of halogens is 3. The van der Waals surface area contributed by atoms with Crippen molar-refractivity contribution >= 4 is 25.7 Å². The third-order valence-electron chi connectivity index (χ3n) is 3.33. The molecule has 0 bridgehead atoms. The Balaban J connectivity index is 2.14. The molecule has 12 heteroatoms. The van der Waals surface area contributed by atoms with E-state index in [0.717, 1.165) is 24.3 Å². The second kappa shape index (κ2) is 8.37. The molecule has 0 spiro atoms. The van der Waals surface area contributed by atoms with Crippen LogP contribution >= 0.6 is 0 Å². The van der Waals surface area contributed by atoms with E-state index in [1.54, 1.807) is 0 Å². The number of hydrogen-bond acceptors (Lipinski definition) is 5. The molecule has 2 rings (SSSR count). The fourth-order valence-electron chi connectivity index (χ4n) is 2.06. The average Bonchev–Trinajstić information content (AvgIpc) is 2.59. The van der Waals surface area contributed by atoms with Gasteiger partial charge < -0.3 is 4.74 Å². The number of alkyl halides is 3. The number of sulfonamides is 2. The first kappa shape index (κ1) is 22.0. The summed E-state index contributed by atoms with van der Waals surface area (Å²) in [5.74, 6) is -0.555. The Bertz CT molecular complexity index is 1000. The molecule has 0 heterocycles. The lowest BCUT2D eigenvalue weighted by molar-refractivity contribution is -0.274. The zero-order chi connectivity index (χ0) is 21.0. The van der Waals surface area contributed by atoms with Gasteiger partial charge in [-0.3, -0.25) is 4.72 Å². The molecule has 0 aromatic heterocycles. The summed E-state index contributed by atoms with van der Waals surface area (Å²) >= 11 is 0. The van der Waals surface area contributed by atoms with Crippen LogP contribution in [-0.4, -0.2) is 29.7 Å². The Morgan fingerprint density at radius 1 is 0.857 bits per heavy atom. The molecule has 0 aliphatic heterocycles. The zero-order valence-corrected chi connectivity index (χ0v) is 16.2. The minimum atomic E-state index is -4.88. The molecular weight excluding hydrogens is 421 g/mol. The van der Waals surface area contributed by atoms with Crippen molar-refractivity contribution in [2.75, 3.05) is 11.3 Å². The molecule has 2 N–H and O–H groups in total. The minimum absolute atomic E-state index is 0.0300. The largest absolute Gasteiger partial charge is 0.573 e. The Kier molecular flexibility index (Phi) is 6.57. The van der Waals surface area contributed by atoms with Gasteiger partial charge in [0, 0.05) is 12.2 Å². The van der Waals surface area contributed by atoms with Gasteiger partial charge in [0.25, 0.3) is 10.0 Å². The third kappa shape index (κ3) is 6.11. The second-order valence-electron chi connectivity index (χ2n) is 5.55. The summed E-state index contributed by atoms with van der Waals surface area (Å²) in [7, 11) is -7.78. The van der Waals surface area contributed by atoms with E-state index < -0.39 is 32.2 Å². The fourth-order valence-corrected chi connectivity index (χ4v) is 4.25.